The summed E-state index contributed by atoms with van der Waals surface area (Å²) in [4.78, 5) is 0. The number of methoxy groups -OCH3 is 1. The van der Waals surface area contributed by atoms with Crippen LogP contribution in [0.25, 0.3) is 0 Å². The van der Waals surface area contributed by atoms with Gasteiger partial charge in [-0.25, -0.2) is 0 Å². The summed E-state index contributed by atoms with van der Waals surface area (Å²) in [5.74, 6) is 0.929. The Hall–Kier alpha value is -1.84. The summed E-state index contributed by atoms with van der Waals surface area (Å²) in [6, 6.07) is 18.4. The molecule has 0 heterocycles. The molecule has 0 saturated carbocycles. The third-order valence-electron chi connectivity index (χ3n) is 3.34. The van der Waals surface area contributed by atoms with Crippen molar-refractivity contribution in [2.24, 2.45) is 0 Å². The minimum atomic E-state index is 0.0336. The number of rotatable bonds is 8. The van der Waals surface area contributed by atoms with E-state index in [1.54, 1.807) is 7.11 Å². The summed E-state index contributed by atoms with van der Waals surface area (Å²) < 4.78 is 11.2. The zero-order valence-corrected chi connectivity index (χ0v) is 12.7. The zero-order chi connectivity index (χ0) is 14.9. The Morgan fingerprint density at radius 1 is 1.00 bits per heavy atom. The molecular weight excluding hydrogens is 262 g/mol. The van der Waals surface area contributed by atoms with Gasteiger partial charge in [0, 0.05) is 25.8 Å². The van der Waals surface area contributed by atoms with Crippen LogP contribution < -0.4 is 10.1 Å². The van der Waals surface area contributed by atoms with E-state index in [9.17, 15) is 0 Å². The summed E-state index contributed by atoms with van der Waals surface area (Å²) in [5, 5.41) is 3.35. The Bertz CT molecular complexity index is 528. The lowest BCUT2D eigenvalue weighted by Gasteiger charge is -2.18. The molecular formula is C18H23NO2. The molecule has 2 aromatic rings. The van der Waals surface area contributed by atoms with Crippen molar-refractivity contribution in [2.75, 3.05) is 20.3 Å². The van der Waals surface area contributed by atoms with Crippen LogP contribution in [0.3, 0.4) is 0 Å². The summed E-state index contributed by atoms with van der Waals surface area (Å²) in [6.45, 7) is 4.40. The van der Waals surface area contributed by atoms with E-state index >= 15 is 0 Å². The smallest absolute Gasteiger partial charge is 0.124 e. The molecule has 21 heavy (non-hydrogen) atoms. The van der Waals surface area contributed by atoms with E-state index in [4.69, 9.17) is 9.47 Å². The molecule has 0 saturated heterocycles. The third-order valence-corrected chi connectivity index (χ3v) is 3.34. The van der Waals surface area contributed by atoms with Gasteiger partial charge in [0.15, 0.2) is 0 Å². The van der Waals surface area contributed by atoms with Gasteiger partial charge in [-0.3, -0.25) is 0 Å². The highest BCUT2D eigenvalue weighted by atomic mass is 16.5. The molecule has 0 bridgehead atoms. The van der Waals surface area contributed by atoms with Gasteiger partial charge in [-0.1, -0.05) is 48.5 Å². The predicted octanol–water partition coefficient (Wildman–Crippen LogP) is 3.56. The van der Waals surface area contributed by atoms with Crippen molar-refractivity contribution in [2.45, 2.75) is 19.6 Å². The molecule has 0 fully saturated rings. The van der Waals surface area contributed by atoms with Crippen LogP contribution in [-0.2, 0) is 11.3 Å². The average Bonchev–Trinajstić information content (AvgIpc) is 2.54. The number of hydrogen-bond acceptors (Lipinski definition) is 3. The maximum absolute atomic E-state index is 6.12. The van der Waals surface area contributed by atoms with Crippen LogP contribution in [-0.4, -0.2) is 20.3 Å². The molecule has 1 atom stereocenters. The fourth-order valence-corrected chi connectivity index (χ4v) is 2.14. The summed E-state index contributed by atoms with van der Waals surface area (Å²) in [5.41, 5.74) is 2.34. The van der Waals surface area contributed by atoms with Crippen molar-refractivity contribution in [3.8, 4) is 5.75 Å². The molecule has 3 nitrogen and oxygen atoms in total. The number of ether oxygens (including phenoxy) is 2. The second-order valence-electron chi connectivity index (χ2n) is 4.95. The SMILES string of the molecule is COCCNCc1ccccc1OC(C)c1ccccc1. The van der Waals surface area contributed by atoms with E-state index < -0.39 is 0 Å². The topological polar surface area (TPSA) is 30.5 Å². The van der Waals surface area contributed by atoms with Gasteiger partial charge in [0.1, 0.15) is 11.9 Å². The highest BCUT2D eigenvalue weighted by Gasteiger charge is 2.09. The highest BCUT2D eigenvalue weighted by Crippen LogP contribution is 2.25. The molecule has 0 amide bonds. The summed E-state index contributed by atoms with van der Waals surface area (Å²) in [7, 11) is 1.71. The average molecular weight is 285 g/mol. The normalized spacial score (nSPS) is 12.1. The second kappa shape index (κ2) is 8.45. The molecule has 0 aliphatic carbocycles. The first-order valence-electron chi connectivity index (χ1n) is 7.30. The standard InChI is InChI=1S/C18H23NO2/c1-15(16-8-4-3-5-9-16)21-18-11-7-6-10-17(18)14-19-12-13-20-2/h3-11,15,19H,12-14H2,1-2H3. The quantitative estimate of drug-likeness (QED) is 0.752. The van der Waals surface area contributed by atoms with Gasteiger partial charge in [-0.15, -0.1) is 0 Å². The molecule has 1 N–H and O–H groups in total. The van der Waals surface area contributed by atoms with Crippen molar-refractivity contribution in [3.63, 3.8) is 0 Å². The lowest BCUT2D eigenvalue weighted by atomic mass is 10.1. The first-order chi connectivity index (χ1) is 10.3. The lowest BCUT2D eigenvalue weighted by molar-refractivity contribution is 0.198. The van der Waals surface area contributed by atoms with Crippen molar-refractivity contribution >= 4 is 0 Å². The highest BCUT2D eigenvalue weighted by molar-refractivity contribution is 5.34. The third kappa shape index (κ3) is 4.88. The van der Waals surface area contributed by atoms with Crippen LogP contribution in [0.4, 0.5) is 0 Å². The van der Waals surface area contributed by atoms with Crippen LogP contribution >= 0.6 is 0 Å². The van der Waals surface area contributed by atoms with Gasteiger partial charge in [0.25, 0.3) is 0 Å². The fraction of sp³-hybridized carbons (Fsp3) is 0.333. The van der Waals surface area contributed by atoms with Gasteiger partial charge in [-0.05, 0) is 18.6 Å². The Kier molecular flexibility index (Phi) is 6.25. The number of nitrogens with one attached hydrogen (secondary N) is 1. The van der Waals surface area contributed by atoms with Crippen LogP contribution in [0, 0.1) is 0 Å². The van der Waals surface area contributed by atoms with Crippen molar-refractivity contribution < 1.29 is 9.47 Å². The molecule has 0 spiro atoms. The fourth-order valence-electron chi connectivity index (χ4n) is 2.14. The van der Waals surface area contributed by atoms with E-state index in [2.05, 4.69) is 30.4 Å². The maximum atomic E-state index is 6.12. The number of para-hydroxylation sites is 1. The molecule has 0 aliphatic rings. The first kappa shape index (κ1) is 15.5. The minimum Gasteiger partial charge on any atom is -0.486 e. The summed E-state index contributed by atoms with van der Waals surface area (Å²) in [6.07, 6.45) is 0.0336. The van der Waals surface area contributed by atoms with Gasteiger partial charge >= 0.3 is 0 Å². The van der Waals surface area contributed by atoms with Crippen LogP contribution in [0.2, 0.25) is 0 Å². The largest absolute Gasteiger partial charge is 0.486 e. The van der Waals surface area contributed by atoms with Gasteiger partial charge in [0.2, 0.25) is 0 Å². The van der Waals surface area contributed by atoms with Gasteiger partial charge in [0.05, 0.1) is 6.61 Å². The Morgan fingerprint density at radius 2 is 1.71 bits per heavy atom. The van der Waals surface area contributed by atoms with E-state index in [-0.39, 0.29) is 6.10 Å². The van der Waals surface area contributed by atoms with Gasteiger partial charge < -0.3 is 14.8 Å². The van der Waals surface area contributed by atoms with Crippen LogP contribution in [0.1, 0.15) is 24.2 Å². The van der Waals surface area contributed by atoms with Crippen molar-refractivity contribution in [1.29, 1.82) is 0 Å². The number of benzene rings is 2. The van der Waals surface area contributed by atoms with Gasteiger partial charge in [-0.2, -0.15) is 0 Å². The zero-order valence-electron chi connectivity index (χ0n) is 12.7. The first-order valence-corrected chi connectivity index (χ1v) is 7.30. The molecule has 1 unspecified atom stereocenters. The molecule has 0 aromatic heterocycles. The second-order valence-corrected chi connectivity index (χ2v) is 4.95. The maximum Gasteiger partial charge on any atom is 0.124 e. The summed E-state index contributed by atoms with van der Waals surface area (Å²) >= 11 is 0. The Balaban J connectivity index is 1.99. The van der Waals surface area contributed by atoms with E-state index in [0.29, 0.717) is 6.61 Å². The van der Waals surface area contributed by atoms with E-state index in [1.807, 2.05) is 36.4 Å². The molecule has 112 valence electrons. The molecule has 0 radical (unpaired) electrons. The Morgan fingerprint density at radius 3 is 2.48 bits per heavy atom. The van der Waals surface area contributed by atoms with E-state index in [0.717, 1.165) is 24.4 Å². The minimum absolute atomic E-state index is 0.0336. The predicted molar refractivity (Wildman–Crippen MR) is 85.5 cm³/mol. The van der Waals surface area contributed by atoms with Crippen molar-refractivity contribution in [1.82, 2.24) is 5.32 Å². The lowest BCUT2D eigenvalue weighted by Crippen LogP contribution is -2.19. The number of hydrogen-bond donors (Lipinski definition) is 1. The van der Waals surface area contributed by atoms with E-state index in [1.165, 1.54) is 5.56 Å². The molecule has 3 heteroatoms. The van der Waals surface area contributed by atoms with Crippen LogP contribution in [0.15, 0.2) is 54.6 Å². The van der Waals surface area contributed by atoms with Crippen molar-refractivity contribution in [3.05, 3.63) is 65.7 Å². The monoisotopic (exact) mass is 285 g/mol. The van der Waals surface area contributed by atoms with Crippen LogP contribution in [0.5, 0.6) is 5.75 Å². The molecule has 2 rings (SSSR count). The molecule has 2 aromatic carbocycles. The molecule has 0 aliphatic heterocycles. The Labute approximate surface area is 126 Å².